The first-order chi connectivity index (χ1) is 12.6. The van der Waals surface area contributed by atoms with Crippen LogP contribution in [0.1, 0.15) is 38.1 Å². The number of carbonyl (C=O) groups excluding carboxylic acids is 2. The smallest absolute Gasteiger partial charge is 0.228 e. The Kier molecular flexibility index (Phi) is 4.73. The third-order valence-corrected chi connectivity index (χ3v) is 6.11. The van der Waals surface area contributed by atoms with E-state index in [1.165, 1.54) is 19.4 Å². The predicted octanol–water partition coefficient (Wildman–Crippen LogP) is 0.884. The molecule has 1 saturated carbocycles. The Morgan fingerprint density at radius 2 is 1.96 bits per heavy atom. The van der Waals surface area contributed by atoms with E-state index in [0.29, 0.717) is 13.0 Å². The van der Waals surface area contributed by atoms with Crippen molar-refractivity contribution >= 4 is 11.8 Å². The summed E-state index contributed by atoms with van der Waals surface area (Å²) in [6.07, 6.45) is 6.64. The largest absolute Gasteiger partial charge is 0.340 e. The fourth-order valence-corrected chi connectivity index (χ4v) is 4.42. The second-order valence-corrected chi connectivity index (χ2v) is 7.90. The molecule has 0 bridgehead atoms. The second kappa shape index (κ2) is 7.02. The topological polar surface area (TPSA) is 61.7 Å². The van der Waals surface area contributed by atoms with Crippen LogP contribution in [0.25, 0.3) is 0 Å². The van der Waals surface area contributed by atoms with Gasteiger partial charge in [-0.1, -0.05) is 0 Å². The predicted molar refractivity (Wildman–Crippen MR) is 97.2 cm³/mol. The molecule has 7 heteroatoms. The first kappa shape index (κ1) is 17.5. The Bertz CT molecular complexity index is 675. The summed E-state index contributed by atoms with van der Waals surface area (Å²) in [5.74, 6) is 1.55. The van der Waals surface area contributed by atoms with Crippen LogP contribution < -0.4 is 0 Å². The normalized spacial score (nSPS) is 27.4. The van der Waals surface area contributed by atoms with Gasteiger partial charge in [-0.3, -0.25) is 14.5 Å². The quantitative estimate of drug-likeness (QED) is 0.783. The molecule has 2 aliphatic heterocycles. The maximum absolute atomic E-state index is 13.3. The van der Waals surface area contributed by atoms with Crippen molar-refractivity contribution in [3.8, 4) is 0 Å². The molecule has 2 atom stereocenters. The molecule has 0 N–H and O–H groups in total. The summed E-state index contributed by atoms with van der Waals surface area (Å²) >= 11 is 0. The molecule has 7 nitrogen and oxygen atoms in total. The third-order valence-electron chi connectivity index (χ3n) is 6.11. The van der Waals surface area contributed by atoms with Crippen molar-refractivity contribution in [2.24, 2.45) is 18.9 Å². The number of aromatic nitrogens is 2. The van der Waals surface area contributed by atoms with Crippen LogP contribution in [0.5, 0.6) is 0 Å². The van der Waals surface area contributed by atoms with Crippen LogP contribution in [-0.2, 0) is 16.6 Å². The van der Waals surface area contributed by atoms with Gasteiger partial charge in [0.15, 0.2) is 0 Å². The minimum absolute atomic E-state index is 0.0613. The summed E-state index contributed by atoms with van der Waals surface area (Å²) in [6, 6.07) is -0.246. The molecular formula is C19H29N5O2. The molecule has 3 fully saturated rings. The zero-order valence-corrected chi connectivity index (χ0v) is 15.8. The van der Waals surface area contributed by atoms with Gasteiger partial charge in [0, 0.05) is 65.1 Å². The van der Waals surface area contributed by atoms with E-state index in [9.17, 15) is 9.59 Å². The van der Waals surface area contributed by atoms with Crippen molar-refractivity contribution in [1.82, 2.24) is 24.3 Å². The molecule has 2 saturated heterocycles. The van der Waals surface area contributed by atoms with E-state index < -0.39 is 0 Å². The Labute approximate surface area is 154 Å². The maximum Gasteiger partial charge on any atom is 0.228 e. The summed E-state index contributed by atoms with van der Waals surface area (Å²) < 4.78 is 1.93. The molecule has 1 aromatic heterocycles. The molecule has 3 aliphatic rings. The lowest BCUT2D eigenvalue weighted by molar-refractivity contribution is -0.138. The van der Waals surface area contributed by atoms with Gasteiger partial charge in [-0.2, -0.15) is 0 Å². The van der Waals surface area contributed by atoms with Crippen LogP contribution in [0.3, 0.4) is 0 Å². The van der Waals surface area contributed by atoms with Gasteiger partial charge in [0.2, 0.25) is 11.8 Å². The van der Waals surface area contributed by atoms with Crippen molar-refractivity contribution in [3.05, 3.63) is 18.2 Å². The minimum Gasteiger partial charge on any atom is -0.340 e. The van der Waals surface area contributed by atoms with Crippen LogP contribution in [0.2, 0.25) is 0 Å². The molecular weight excluding hydrogens is 330 g/mol. The van der Waals surface area contributed by atoms with Crippen LogP contribution >= 0.6 is 0 Å². The van der Waals surface area contributed by atoms with Crippen molar-refractivity contribution in [3.63, 3.8) is 0 Å². The highest BCUT2D eigenvalue weighted by molar-refractivity contribution is 5.90. The third kappa shape index (κ3) is 3.24. The molecule has 0 unspecified atom stereocenters. The highest BCUT2D eigenvalue weighted by atomic mass is 16.2. The molecule has 1 aromatic rings. The minimum atomic E-state index is -0.321. The molecule has 0 spiro atoms. The molecule has 3 heterocycles. The van der Waals surface area contributed by atoms with Gasteiger partial charge in [-0.25, -0.2) is 4.98 Å². The zero-order valence-electron chi connectivity index (χ0n) is 15.8. The van der Waals surface area contributed by atoms with Gasteiger partial charge in [0.1, 0.15) is 11.9 Å². The van der Waals surface area contributed by atoms with Gasteiger partial charge in [-0.05, 0) is 25.7 Å². The lowest BCUT2D eigenvalue weighted by atomic mass is 9.97. The summed E-state index contributed by atoms with van der Waals surface area (Å²) in [4.78, 5) is 36.5. The Morgan fingerprint density at radius 3 is 2.54 bits per heavy atom. The van der Waals surface area contributed by atoms with E-state index in [2.05, 4.69) is 9.88 Å². The van der Waals surface area contributed by atoms with Gasteiger partial charge >= 0.3 is 0 Å². The SMILES string of the molecule is CCN1C(=O)C[C@H](C(=O)N2CCN(CC3CC3)CC2)[C@H]1c1nccn1C. The van der Waals surface area contributed by atoms with Gasteiger partial charge in [0.25, 0.3) is 0 Å². The Balaban J connectivity index is 1.47. The fraction of sp³-hybridized carbons (Fsp3) is 0.737. The average molecular weight is 359 g/mol. The van der Waals surface area contributed by atoms with E-state index in [-0.39, 0.29) is 23.8 Å². The van der Waals surface area contributed by atoms with E-state index in [1.54, 1.807) is 6.20 Å². The molecule has 26 heavy (non-hydrogen) atoms. The second-order valence-electron chi connectivity index (χ2n) is 7.90. The van der Waals surface area contributed by atoms with Crippen molar-refractivity contribution in [2.45, 2.75) is 32.2 Å². The van der Waals surface area contributed by atoms with Crippen molar-refractivity contribution in [1.29, 1.82) is 0 Å². The number of hydrogen-bond donors (Lipinski definition) is 0. The fourth-order valence-electron chi connectivity index (χ4n) is 4.42. The lowest BCUT2D eigenvalue weighted by Gasteiger charge is -2.37. The van der Waals surface area contributed by atoms with Crippen molar-refractivity contribution in [2.75, 3.05) is 39.3 Å². The first-order valence-corrected chi connectivity index (χ1v) is 9.86. The van der Waals surface area contributed by atoms with Crippen molar-refractivity contribution < 1.29 is 9.59 Å². The standard InChI is InChI=1S/C19H29N5O2/c1-3-24-16(25)12-15(17(24)18-20-6-7-21(18)2)19(26)23-10-8-22(9-11-23)13-14-4-5-14/h6-7,14-15,17H,3-5,8-13H2,1-2H3/t15-,17-/m0/s1. The number of likely N-dealkylation sites (tertiary alicyclic amines) is 1. The van der Waals surface area contributed by atoms with Crippen LogP contribution in [0.15, 0.2) is 12.4 Å². The number of aryl methyl sites for hydroxylation is 1. The van der Waals surface area contributed by atoms with E-state index in [0.717, 1.165) is 37.9 Å². The monoisotopic (exact) mass is 359 g/mol. The summed E-state index contributed by atoms with van der Waals surface area (Å²) in [6.45, 7) is 7.21. The number of rotatable bonds is 5. The maximum atomic E-state index is 13.3. The molecule has 1 aliphatic carbocycles. The van der Waals surface area contributed by atoms with Gasteiger partial charge in [-0.15, -0.1) is 0 Å². The Hall–Kier alpha value is -1.89. The Morgan fingerprint density at radius 1 is 1.23 bits per heavy atom. The zero-order chi connectivity index (χ0) is 18.3. The molecule has 2 amide bonds. The number of piperazine rings is 1. The highest BCUT2D eigenvalue weighted by Crippen LogP contribution is 2.38. The summed E-state index contributed by atoms with van der Waals surface area (Å²) in [5.41, 5.74) is 0. The number of imidazole rings is 1. The van der Waals surface area contributed by atoms with Gasteiger partial charge in [0.05, 0.1) is 5.92 Å². The average Bonchev–Trinajstić information content (AvgIpc) is 3.26. The van der Waals surface area contributed by atoms with E-state index >= 15 is 0 Å². The van der Waals surface area contributed by atoms with Crippen LogP contribution in [0, 0.1) is 11.8 Å². The van der Waals surface area contributed by atoms with E-state index in [4.69, 9.17) is 0 Å². The molecule has 0 aromatic carbocycles. The highest BCUT2D eigenvalue weighted by Gasteiger charge is 2.47. The van der Waals surface area contributed by atoms with Gasteiger partial charge < -0.3 is 14.4 Å². The number of amides is 2. The number of hydrogen-bond acceptors (Lipinski definition) is 4. The summed E-state index contributed by atoms with van der Waals surface area (Å²) in [7, 11) is 1.93. The molecule has 0 radical (unpaired) electrons. The van der Waals surface area contributed by atoms with Crippen LogP contribution in [0.4, 0.5) is 0 Å². The molecule has 142 valence electrons. The number of nitrogens with zero attached hydrogens (tertiary/aromatic N) is 5. The molecule has 4 rings (SSSR count). The van der Waals surface area contributed by atoms with E-state index in [1.807, 2.05) is 34.5 Å². The summed E-state index contributed by atoms with van der Waals surface area (Å²) in [5, 5.41) is 0. The first-order valence-electron chi connectivity index (χ1n) is 9.86. The lowest BCUT2D eigenvalue weighted by Crippen LogP contribution is -2.51. The van der Waals surface area contributed by atoms with Crippen LogP contribution in [-0.4, -0.2) is 75.3 Å². The number of carbonyl (C=O) groups is 2.